The molecule has 1 unspecified atom stereocenters. The first-order valence-electron chi connectivity index (χ1n) is 4.93. The quantitative estimate of drug-likeness (QED) is 0.801. The van der Waals surface area contributed by atoms with Crippen LogP contribution >= 0.6 is 0 Å². The van der Waals surface area contributed by atoms with E-state index in [-0.39, 0.29) is 12.0 Å². The van der Waals surface area contributed by atoms with Crippen LogP contribution in [0.2, 0.25) is 0 Å². The predicted molar refractivity (Wildman–Crippen MR) is 53.0 cm³/mol. The number of nitrogens with two attached hydrogens (primary N) is 1. The number of ether oxygens (including phenoxy) is 1. The molecule has 1 saturated heterocycles. The van der Waals surface area contributed by atoms with Crippen molar-refractivity contribution in [1.29, 1.82) is 0 Å². The largest absolute Gasteiger partial charge is 0.467 e. The van der Waals surface area contributed by atoms with Crippen molar-refractivity contribution in [3.8, 4) is 0 Å². The molecule has 0 spiro atoms. The summed E-state index contributed by atoms with van der Waals surface area (Å²) in [5.74, 6) is 0.974. The maximum absolute atomic E-state index is 11.4. The van der Waals surface area contributed by atoms with Gasteiger partial charge in [0.2, 0.25) is 0 Å². The summed E-state index contributed by atoms with van der Waals surface area (Å²) in [7, 11) is 0. The van der Waals surface area contributed by atoms with Crippen molar-refractivity contribution in [2.75, 3.05) is 19.7 Å². The zero-order valence-corrected chi connectivity index (χ0v) is 8.39. The Balaban J connectivity index is 1.97. The Labute approximate surface area is 87.8 Å². The van der Waals surface area contributed by atoms with Crippen LogP contribution in [-0.2, 0) is 11.3 Å². The molecule has 15 heavy (non-hydrogen) atoms. The number of nitrogens with zero attached hydrogens (tertiary/aromatic N) is 1. The monoisotopic (exact) mass is 210 g/mol. The first kappa shape index (κ1) is 10.0. The lowest BCUT2D eigenvalue weighted by atomic mass is 10.1. The average Bonchev–Trinajstić information content (AvgIpc) is 2.74. The maximum atomic E-state index is 11.4. The van der Waals surface area contributed by atoms with Crippen molar-refractivity contribution in [2.24, 2.45) is 11.7 Å². The highest BCUT2D eigenvalue weighted by Crippen LogP contribution is 2.14. The topological polar surface area (TPSA) is 68.7 Å². The molecule has 1 amide bonds. The summed E-state index contributed by atoms with van der Waals surface area (Å²) in [5, 5.41) is 0. The molecule has 2 rings (SSSR count). The van der Waals surface area contributed by atoms with Crippen LogP contribution in [0.1, 0.15) is 5.76 Å². The number of carbonyl (C=O) groups is 1. The molecule has 0 radical (unpaired) electrons. The fourth-order valence-electron chi connectivity index (χ4n) is 1.58. The average molecular weight is 210 g/mol. The van der Waals surface area contributed by atoms with E-state index in [0.29, 0.717) is 26.2 Å². The molecule has 5 heteroatoms. The molecule has 1 aromatic heterocycles. The minimum atomic E-state index is -0.295. The smallest absolute Gasteiger partial charge is 0.410 e. The molecular weight excluding hydrogens is 196 g/mol. The Morgan fingerprint density at radius 1 is 1.60 bits per heavy atom. The van der Waals surface area contributed by atoms with Crippen LogP contribution < -0.4 is 5.73 Å². The second-order valence-corrected chi connectivity index (χ2v) is 3.64. The standard InChI is InChI=1S/C10H14N2O3/c11-4-8-5-12(10(13)15-7-8)6-9-2-1-3-14-9/h1-3,8H,4-7,11H2. The van der Waals surface area contributed by atoms with Gasteiger partial charge in [0, 0.05) is 19.0 Å². The van der Waals surface area contributed by atoms with Gasteiger partial charge in [0.05, 0.1) is 19.4 Å². The van der Waals surface area contributed by atoms with Crippen molar-refractivity contribution in [1.82, 2.24) is 4.90 Å². The summed E-state index contributed by atoms with van der Waals surface area (Å²) in [6.45, 7) is 2.03. The molecule has 82 valence electrons. The first-order valence-corrected chi connectivity index (χ1v) is 4.93. The number of carbonyl (C=O) groups excluding carboxylic acids is 1. The zero-order chi connectivity index (χ0) is 10.7. The van der Waals surface area contributed by atoms with E-state index in [1.54, 1.807) is 17.2 Å². The number of furan rings is 1. The van der Waals surface area contributed by atoms with E-state index >= 15 is 0 Å². The molecule has 0 saturated carbocycles. The Morgan fingerprint density at radius 2 is 2.47 bits per heavy atom. The fraction of sp³-hybridized carbons (Fsp3) is 0.500. The molecule has 5 nitrogen and oxygen atoms in total. The summed E-state index contributed by atoms with van der Waals surface area (Å²) >= 11 is 0. The summed E-state index contributed by atoms with van der Waals surface area (Å²) in [6.07, 6.45) is 1.29. The van der Waals surface area contributed by atoms with Gasteiger partial charge in [0.1, 0.15) is 5.76 Å². The molecule has 1 aromatic rings. The predicted octanol–water partition coefficient (Wildman–Crippen LogP) is 0.807. The number of amides is 1. The number of cyclic esters (lactones) is 1. The molecule has 0 aliphatic carbocycles. The van der Waals surface area contributed by atoms with E-state index in [0.717, 1.165) is 5.76 Å². The van der Waals surface area contributed by atoms with E-state index in [9.17, 15) is 4.79 Å². The summed E-state index contributed by atoms with van der Waals surface area (Å²) in [6, 6.07) is 3.63. The van der Waals surface area contributed by atoms with Gasteiger partial charge in [-0.1, -0.05) is 0 Å². The van der Waals surface area contributed by atoms with Crippen LogP contribution in [0.25, 0.3) is 0 Å². The van der Waals surface area contributed by atoms with Crippen molar-refractivity contribution < 1.29 is 13.9 Å². The van der Waals surface area contributed by atoms with Gasteiger partial charge in [0.25, 0.3) is 0 Å². The van der Waals surface area contributed by atoms with Crippen molar-refractivity contribution in [3.05, 3.63) is 24.2 Å². The lowest BCUT2D eigenvalue weighted by molar-refractivity contribution is 0.0401. The minimum absolute atomic E-state index is 0.220. The second-order valence-electron chi connectivity index (χ2n) is 3.64. The zero-order valence-electron chi connectivity index (χ0n) is 8.39. The molecule has 2 N–H and O–H groups in total. The van der Waals surface area contributed by atoms with E-state index in [4.69, 9.17) is 14.9 Å². The van der Waals surface area contributed by atoms with E-state index in [1.165, 1.54) is 0 Å². The van der Waals surface area contributed by atoms with Crippen LogP contribution in [0.15, 0.2) is 22.8 Å². The van der Waals surface area contributed by atoms with Crippen LogP contribution in [0.5, 0.6) is 0 Å². The number of hydrogen-bond donors (Lipinski definition) is 1. The second kappa shape index (κ2) is 4.35. The van der Waals surface area contributed by atoms with Gasteiger partial charge in [0.15, 0.2) is 0 Å². The van der Waals surface area contributed by atoms with E-state index in [1.807, 2.05) is 6.07 Å². The van der Waals surface area contributed by atoms with Crippen LogP contribution in [-0.4, -0.2) is 30.7 Å². The lowest BCUT2D eigenvalue weighted by Gasteiger charge is -2.30. The van der Waals surface area contributed by atoms with Gasteiger partial charge >= 0.3 is 6.09 Å². The maximum Gasteiger partial charge on any atom is 0.410 e. The number of hydrogen-bond acceptors (Lipinski definition) is 4. The van der Waals surface area contributed by atoms with Gasteiger partial charge in [-0.05, 0) is 12.1 Å². The van der Waals surface area contributed by atoms with Crippen molar-refractivity contribution >= 4 is 6.09 Å². The Hall–Kier alpha value is -1.49. The van der Waals surface area contributed by atoms with Crippen LogP contribution in [0.4, 0.5) is 4.79 Å². The molecule has 1 aliphatic rings. The third-order valence-electron chi connectivity index (χ3n) is 2.44. The highest BCUT2D eigenvalue weighted by atomic mass is 16.6. The highest BCUT2D eigenvalue weighted by Gasteiger charge is 2.26. The molecule has 2 heterocycles. The summed E-state index contributed by atoms with van der Waals surface area (Å²) in [4.78, 5) is 13.0. The van der Waals surface area contributed by atoms with Gasteiger partial charge in [-0.15, -0.1) is 0 Å². The molecule has 1 fully saturated rings. The van der Waals surface area contributed by atoms with Crippen molar-refractivity contribution in [3.63, 3.8) is 0 Å². The van der Waals surface area contributed by atoms with Crippen LogP contribution in [0.3, 0.4) is 0 Å². The minimum Gasteiger partial charge on any atom is -0.467 e. The van der Waals surface area contributed by atoms with Gasteiger partial charge in [-0.25, -0.2) is 4.79 Å². The highest BCUT2D eigenvalue weighted by molar-refractivity contribution is 5.68. The van der Waals surface area contributed by atoms with Crippen molar-refractivity contribution in [2.45, 2.75) is 6.54 Å². The summed E-state index contributed by atoms with van der Waals surface area (Å²) in [5.41, 5.74) is 5.54. The number of rotatable bonds is 3. The third kappa shape index (κ3) is 2.30. The Kier molecular flexibility index (Phi) is 2.91. The van der Waals surface area contributed by atoms with Gasteiger partial charge in [-0.2, -0.15) is 0 Å². The van der Waals surface area contributed by atoms with E-state index in [2.05, 4.69) is 0 Å². The molecular formula is C10H14N2O3. The molecule has 0 aromatic carbocycles. The Morgan fingerprint density at radius 3 is 3.13 bits per heavy atom. The normalized spacial score (nSPS) is 21.5. The fourth-order valence-corrected chi connectivity index (χ4v) is 1.58. The van der Waals surface area contributed by atoms with Gasteiger partial charge in [-0.3, -0.25) is 0 Å². The summed E-state index contributed by atoms with van der Waals surface area (Å²) < 4.78 is 10.2. The van der Waals surface area contributed by atoms with E-state index < -0.39 is 0 Å². The van der Waals surface area contributed by atoms with Gasteiger partial charge < -0.3 is 19.8 Å². The lowest BCUT2D eigenvalue weighted by Crippen LogP contribution is -2.44. The van der Waals surface area contributed by atoms with Crippen LogP contribution in [0, 0.1) is 5.92 Å². The molecule has 0 bridgehead atoms. The SMILES string of the molecule is NCC1COC(=O)N(Cc2ccco2)C1. The first-order chi connectivity index (χ1) is 7.29. The molecule has 1 atom stereocenters. The third-order valence-corrected chi connectivity index (χ3v) is 2.44. The molecule has 1 aliphatic heterocycles. The Bertz CT molecular complexity index is 323.